The lowest BCUT2D eigenvalue weighted by Crippen LogP contribution is -2.36. The number of methoxy groups -OCH3 is 2. The maximum atomic E-state index is 12.3. The number of carbonyl (C=O) groups excluding carboxylic acids is 3. The Morgan fingerprint density at radius 2 is 1.65 bits per heavy atom. The summed E-state index contributed by atoms with van der Waals surface area (Å²) in [6.07, 6.45) is 6.58. The molecule has 2 N–H and O–H groups in total. The highest BCUT2D eigenvalue weighted by molar-refractivity contribution is 5.99. The van der Waals surface area contributed by atoms with Gasteiger partial charge in [0.15, 0.2) is 0 Å². The molecule has 1 fully saturated rings. The van der Waals surface area contributed by atoms with Crippen LogP contribution in [0, 0.1) is 0 Å². The Balaban J connectivity index is 2.02. The van der Waals surface area contributed by atoms with Crippen LogP contribution in [0.4, 0.5) is 5.69 Å². The second-order valence-corrected chi connectivity index (χ2v) is 6.08. The third-order valence-electron chi connectivity index (χ3n) is 4.24. The van der Waals surface area contributed by atoms with Crippen molar-refractivity contribution in [1.29, 1.82) is 0 Å². The SMILES string of the molecule is COC(=O)/C=C(/Nc1ccc(C(=O)NC2CCCCC2)cc1)C(=O)OC. The van der Waals surface area contributed by atoms with Gasteiger partial charge in [0.05, 0.1) is 20.3 Å². The zero-order chi connectivity index (χ0) is 18.9. The standard InChI is InChI=1S/C19H24N2O5/c1-25-17(22)12-16(19(24)26-2)20-15-10-8-13(9-11-15)18(23)21-14-6-4-3-5-7-14/h8-12,14,20H,3-7H2,1-2H3,(H,21,23)/b16-12+. The number of carbonyl (C=O) groups is 3. The van der Waals surface area contributed by atoms with E-state index in [1.165, 1.54) is 20.6 Å². The molecule has 2 rings (SSSR count). The van der Waals surface area contributed by atoms with E-state index < -0.39 is 11.9 Å². The van der Waals surface area contributed by atoms with Crippen LogP contribution in [0.3, 0.4) is 0 Å². The second-order valence-electron chi connectivity index (χ2n) is 6.08. The van der Waals surface area contributed by atoms with Crippen molar-refractivity contribution in [3.63, 3.8) is 0 Å². The summed E-state index contributed by atoms with van der Waals surface area (Å²) < 4.78 is 9.15. The van der Waals surface area contributed by atoms with Crippen molar-refractivity contribution in [2.24, 2.45) is 0 Å². The fraction of sp³-hybridized carbons (Fsp3) is 0.421. The average molecular weight is 360 g/mol. The Hall–Kier alpha value is -2.83. The van der Waals surface area contributed by atoms with Crippen molar-refractivity contribution in [3.8, 4) is 0 Å². The quantitative estimate of drug-likeness (QED) is 0.598. The average Bonchev–Trinajstić information content (AvgIpc) is 2.68. The first-order chi connectivity index (χ1) is 12.5. The van der Waals surface area contributed by atoms with Gasteiger partial charge in [-0.05, 0) is 37.1 Å². The first kappa shape index (κ1) is 19.5. The Morgan fingerprint density at radius 3 is 2.23 bits per heavy atom. The maximum absolute atomic E-state index is 12.3. The maximum Gasteiger partial charge on any atom is 0.354 e. The first-order valence-corrected chi connectivity index (χ1v) is 8.59. The topological polar surface area (TPSA) is 93.7 Å². The summed E-state index contributed by atoms with van der Waals surface area (Å²) in [7, 11) is 2.43. The summed E-state index contributed by atoms with van der Waals surface area (Å²) >= 11 is 0. The molecule has 7 heteroatoms. The molecule has 7 nitrogen and oxygen atoms in total. The number of benzene rings is 1. The van der Waals surface area contributed by atoms with Gasteiger partial charge in [0, 0.05) is 17.3 Å². The van der Waals surface area contributed by atoms with Gasteiger partial charge in [-0.2, -0.15) is 0 Å². The number of nitrogens with one attached hydrogen (secondary N) is 2. The molecule has 0 heterocycles. The number of anilines is 1. The third kappa shape index (κ3) is 5.61. The molecular weight excluding hydrogens is 336 g/mol. The van der Waals surface area contributed by atoms with Crippen molar-refractivity contribution >= 4 is 23.5 Å². The molecule has 1 amide bonds. The van der Waals surface area contributed by atoms with Crippen molar-refractivity contribution in [1.82, 2.24) is 5.32 Å². The van der Waals surface area contributed by atoms with Crippen molar-refractivity contribution in [2.45, 2.75) is 38.1 Å². The van der Waals surface area contributed by atoms with E-state index >= 15 is 0 Å². The van der Waals surface area contributed by atoms with Crippen LogP contribution in [-0.2, 0) is 19.1 Å². The highest BCUT2D eigenvalue weighted by Gasteiger charge is 2.17. The molecule has 26 heavy (non-hydrogen) atoms. The van der Waals surface area contributed by atoms with Gasteiger partial charge in [0.1, 0.15) is 5.70 Å². The van der Waals surface area contributed by atoms with Crippen LogP contribution in [0.25, 0.3) is 0 Å². The number of ether oxygens (including phenoxy) is 2. The Bertz CT molecular complexity index is 676. The molecule has 0 aliphatic heterocycles. The summed E-state index contributed by atoms with van der Waals surface area (Å²) in [6.45, 7) is 0. The molecule has 0 bridgehead atoms. The van der Waals surface area contributed by atoms with Gasteiger partial charge in [-0.3, -0.25) is 4.79 Å². The molecule has 0 aromatic heterocycles. The third-order valence-corrected chi connectivity index (χ3v) is 4.24. The lowest BCUT2D eigenvalue weighted by atomic mass is 9.95. The zero-order valence-corrected chi connectivity index (χ0v) is 15.0. The minimum absolute atomic E-state index is 0.0567. The minimum atomic E-state index is -0.700. The van der Waals surface area contributed by atoms with E-state index in [0.29, 0.717) is 11.3 Å². The van der Waals surface area contributed by atoms with Gasteiger partial charge in [-0.1, -0.05) is 19.3 Å². The molecule has 1 aromatic carbocycles. The van der Waals surface area contributed by atoms with E-state index in [9.17, 15) is 14.4 Å². The van der Waals surface area contributed by atoms with Crippen molar-refractivity contribution in [3.05, 3.63) is 41.6 Å². The fourth-order valence-corrected chi connectivity index (χ4v) is 2.81. The van der Waals surface area contributed by atoms with Crippen LogP contribution in [0.2, 0.25) is 0 Å². The van der Waals surface area contributed by atoms with Crippen molar-refractivity contribution < 1.29 is 23.9 Å². The highest BCUT2D eigenvalue weighted by Crippen LogP contribution is 2.18. The summed E-state index contributed by atoms with van der Waals surface area (Å²) in [5, 5.41) is 5.85. The van der Waals surface area contributed by atoms with E-state index in [0.717, 1.165) is 31.8 Å². The summed E-state index contributed by atoms with van der Waals surface area (Å²) in [5.74, 6) is -1.49. The Morgan fingerprint density at radius 1 is 1.00 bits per heavy atom. The van der Waals surface area contributed by atoms with Gasteiger partial charge in [0.2, 0.25) is 0 Å². The lowest BCUT2D eigenvalue weighted by Gasteiger charge is -2.22. The fourth-order valence-electron chi connectivity index (χ4n) is 2.81. The number of rotatable bonds is 6. The molecule has 0 atom stereocenters. The predicted molar refractivity (Wildman–Crippen MR) is 96.5 cm³/mol. The van der Waals surface area contributed by atoms with Gasteiger partial charge in [-0.15, -0.1) is 0 Å². The van der Waals surface area contributed by atoms with E-state index in [-0.39, 0.29) is 17.6 Å². The van der Waals surface area contributed by atoms with E-state index in [4.69, 9.17) is 0 Å². The van der Waals surface area contributed by atoms with Crippen LogP contribution in [0.1, 0.15) is 42.5 Å². The highest BCUT2D eigenvalue weighted by atomic mass is 16.5. The molecule has 1 aromatic rings. The van der Waals surface area contributed by atoms with Crippen molar-refractivity contribution in [2.75, 3.05) is 19.5 Å². The van der Waals surface area contributed by atoms with Crippen LogP contribution in [0.15, 0.2) is 36.0 Å². The number of hydrogen-bond acceptors (Lipinski definition) is 6. The number of esters is 2. The van der Waals surface area contributed by atoms with Crippen LogP contribution in [-0.4, -0.2) is 38.1 Å². The Kier molecular flexibility index (Phi) is 7.20. The first-order valence-electron chi connectivity index (χ1n) is 8.59. The normalized spacial score (nSPS) is 15.1. The van der Waals surface area contributed by atoms with Gasteiger partial charge in [-0.25, -0.2) is 9.59 Å². The van der Waals surface area contributed by atoms with Crippen LogP contribution < -0.4 is 10.6 Å². The molecule has 0 unspecified atom stereocenters. The Labute approximate surface area is 152 Å². The molecule has 140 valence electrons. The number of hydrogen-bond donors (Lipinski definition) is 2. The summed E-state index contributed by atoms with van der Waals surface area (Å²) in [4.78, 5) is 35.4. The second kappa shape index (κ2) is 9.60. The largest absolute Gasteiger partial charge is 0.466 e. The van der Waals surface area contributed by atoms with Crippen LogP contribution >= 0.6 is 0 Å². The van der Waals surface area contributed by atoms with Gasteiger partial charge >= 0.3 is 11.9 Å². The number of amides is 1. The molecule has 1 saturated carbocycles. The molecule has 0 saturated heterocycles. The van der Waals surface area contributed by atoms with E-state index in [1.54, 1.807) is 24.3 Å². The molecule has 1 aliphatic carbocycles. The minimum Gasteiger partial charge on any atom is -0.466 e. The summed E-state index contributed by atoms with van der Waals surface area (Å²) in [6, 6.07) is 6.87. The molecular formula is C19H24N2O5. The molecule has 0 spiro atoms. The van der Waals surface area contributed by atoms with Gasteiger partial charge in [0.25, 0.3) is 5.91 Å². The predicted octanol–water partition coefficient (Wildman–Crippen LogP) is 2.39. The van der Waals surface area contributed by atoms with Crippen LogP contribution in [0.5, 0.6) is 0 Å². The molecule has 0 radical (unpaired) electrons. The monoisotopic (exact) mass is 360 g/mol. The lowest BCUT2D eigenvalue weighted by molar-refractivity contribution is -0.138. The van der Waals surface area contributed by atoms with Gasteiger partial charge < -0.3 is 20.1 Å². The summed E-state index contributed by atoms with van der Waals surface area (Å²) in [5.41, 5.74) is 1.02. The van der Waals surface area contributed by atoms with E-state index in [1.807, 2.05) is 0 Å². The molecule has 1 aliphatic rings. The zero-order valence-electron chi connectivity index (χ0n) is 15.0. The smallest absolute Gasteiger partial charge is 0.354 e. The van der Waals surface area contributed by atoms with E-state index in [2.05, 4.69) is 20.1 Å².